The molecular formula is C15H22N2O2S. The minimum atomic E-state index is -0.751. The van der Waals surface area contributed by atoms with Gasteiger partial charge in [-0.3, -0.25) is 0 Å². The Kier molecular flexibility index (Phi) is 7.63. The van der Waals surface area contributed by atoms with E-state index in [1.54, 1.807) is 0 Å². The van der Waals surface area contributed by atoms with E-state index in [1.165, 1.54) is 11.8 Å². The summed E-state index contributed by atoms with van der Waals surface area (Å²) in [6, 6.07) is 7.95. The maximum Gasteiger partial charge on any atom is 0.100 e. The minimum Gasteiger partial charge on any atom is -0.394 e. The molecule has 0 aliphatic rings. The molecule has 1 rings (SSSR count). The van der Waals surface area contributed by atoms with Crippen LogP contribution in [0.2, 0.25) is 0 Å². The molecule has 1 aromatic carbocycles. The van der Waals surface area contributed by atoms with Crippen molar-refractivity contribution in [2.45, 2.75) is 31.4 Å². The molecule has 0 saturated carbocycles. The van der Waals surface area contributed by atoms with E-state index in [4.69, 9.17) is 5.11 Å². The van der Waals surface area contributed by atoms with Crippen LogP contribution in [0.5, 0.6) is 0 Å². The summed E-state index contributed by atoms with van der Waals surface area (Å²) in [6.45, 7) is 5.74. The van der Waals surface area contributed by atoms with Gasteiger partial charge in [0, 0.05) is 17.2 Å². The Morgan fingerprint density at radius 3 is 2.75 bits per heavy atom. The number of benzene rings is 1. The van der Waals surface area contributed by atoms with Crippen molar-refractivity contribution in [3.8, 4) is 6.07 Å². The van der Waals surface area contributed by atoms with Crippen molar-refractivity contribution in [1.82, 2.24) is 5.32 Å². The zero-order chi connectivity index (χ0) is 15.0. The molecule has 0 bridgehead atoms. The van der Waals surface area contributed by atoms with Gasteiger partial charge in [-0.25, -0.2) is 0 Å². The van der Waals surface area contributed by atoms with E-state index in [0.29, 0.717) is 17.2 Å². The Labute approximate surface area is 124 Å². The predicted molar refractivity (Wildman–Crippen MR) is 81.5 cm³/mol. The van der Waals surface area contributed by atoms with E-state index in [9.17, 15) is 10.4 Å². The third-order valence-electron chi connectivity index (χ3n) is 2.69. The van der Waals surface area contributed by atoms with Crippen molar-refractivity contribution in [2.24, 2.45) is 5.92 Å². The molecule has 0 aliphatic carbocycles. The van der Waals surface area contributed by atoms with Crippen LogP contribution in [0.25, 0.3) is 0 Å². The summed E-state index contributed by atoms with van der Waals surface area (Å²) >= 11 is 1.39. The number of rotatable bonds is 8. The molecule has 20 heavy (non-hydrogen) atoms. The van der Waals surface area contributed by atoms with Crippen molar-refractivity contribution >= 4 is 11.8 Å². The lowest BCUT2D eigenvalue weighted by atomic mass is 10.1. The Morgan fingerprint density at radius 1 is 1.40 bits per heavy atom. The standard InChI is InChI=1S/C15H22N2O2S/c1-11(2)7-17-8-12-3-4-15(13(5-12)6-16)20-10-14(19)9-18/h3-5,11,14,17-19H,7-10H2,1-2H3. The summed E-state index contributed by atoms with van der Waals surface area (Å²) in [6.07, 6.45) is -0.751. The van der Waals surface area contributed by atoms with E-state index < -0.39 is 6.10 Å². The van der Waals surface area contributed by atoms with E-state index >= 15 is 0 Å². The lowest BCUT2D eigenvalue weighted by Crippen LogP contribution is -2.19. The number of hydrogen-bond donors (Lipinski definition) is 3. The summed E-state index contributed by atoms with van der Waals surface area (Å²) in [4.78, 5) is 0.840. The third-order valence-corrected chi connectivity index (χ3v) is 3.91. The number of nitrogens with one attached hydrogen (secondary N) is 1. The van der Waals surface area contributed by atoms with E-state index in [-0.39, 0.29) is 6.61 Å². The maximum absolute atomic E-state index is 9.34. The SMILES string of the molecule is CC(C)CNCc1ccc(SCC(O)CO)c(C#N)c1. The quantitative estimate of drug-likeness (QED) is 0.637. The minimum absolute atomic E-state index is 0.258. The topological polar surface area (TPSA) is 76.3 Å². The van der Waals surface area contributed by atoms with Gasteiger partial charge in [0.1, 0.15) is 6.07 Å². The maximum atomic E-state index is 9.34. The fraction of sp³-hybridized carbons (Fsp3) is 0.533. The van der Waals surface area contributed by atoms with Gasteiger partial charge < -0.3 is 15.5 Å². The van der Waals surface area contributed by atoms with Crippen molar-refractivity contribution in [2.75, 3.05) is 18.9 Å². The molecule has 1 aromatic rings. The van der Waals surface area contributed by atoms with Gasteiger partial charge in [0.25, 0.3) is 0 Å². The molecule has 110 valence electrons. The Bertz CT molecular complexity index is 458. The summed E-state index contributed by atoms with van der Waals surface area (Å²) in [5, 5.41) is 30.7. The number of aliphatic hydroxyl groups excluding tert-OH is 2. The highest BCUT2D eigenvalue weighted by molar-refractivity contribution is 7.99. The van der Waals surface area contributed by atoms with Crippen LogP contribution in [0, 0.1) is 17.2 Å². The fourth-order valence-corrected chi connectivity index (χ4v) is 2.55. The van der Waals surface area contributed by atoms with Crippen molar-refractivity contribution < 1.29 is 10.2 Å². The summed E-state index contributed by atoms with van der Waals surface area (Å²) in [5.41, 5.74) is 1.69. The van der Waals surface area contributed by atoms with E-state index in [2.05, 4.69) is 25.2 Å². The lowest BCUT2D eigenvalue weighted by molar-refractivity contribution is 0.113. The van der Waals surface area contributed by atoms with Crippen LogP contribution in [0.15, 0.2) is 23.1 Å². The number of nitriles is 1. The Morgan fingerprint density at radius 2 is 2.15 bits per heavy atom. The van der Waals surface area contributed by atoms with Crippen LogP contribution >= 0.6 is 11.8 Å². The van der Waals surface area contributed by atoms with Crippen LogP contribution in [0.1, 0.15) is 25.0 Å². The smallest absolute Gasteiger partial charge is 0.100 e. The van der Waals surface area contributed by atoms with Crippen molar-refractivity contribution in [3.63, 3.8) is 0 Å². The predicted octanol–water partition coefficient (Wildman–Crippen LogP) is 1.75. The summed E-state index contributed by atoms with van der Waals surface area (Å²) in [5.74, 6) is 0.982. The fourth-order valence-electron chi connectivity index (χ4n) is 1.64. The van der Waals surface area contributed by atoms with E-state index in [1.807, 2.05) is 18.2 Å². The second-order valence-corrected chi connectivity index (χ2v) is 6.18. The Balaban J connectivity index is 2.63. The summed E-state index contributed by atoms with van der Waals surface area (Å²) < 4.78 is 0. The van der Waals surface area contributed by atoms with Crippen LogP contribution in [0.4, 0.5) is 0 Å². The van der Waals surface area contributed by atoms with Gasteiger partial charge in [-0.15, -0.1) is 11.8 Å². The average Bonchev–Trinajstić information content (AvgIpc) is 2.44. The van der Waals surface area contributed by atoms with Gasteiger partial charge in [0.15, 0.2) is 0 Å². The van der Waals surface area contributed by atoms with Gasteiger partial charge in [0.05, 0.1) is 18.3 Å². The van der Waals surface area contributed by atoms with E-state index in [0.717, 1.165) is 23.5 Å². The molecular weight excluding hydrogens is 272 g/mol. The van der Waals surface area contributed by atoms with Crippen LogP contribution in [0.3, 0.4) is 0 Å². The average molecular weight is 294 g/mol. The third kappa shape index (κ3) is 5.93. The van der Waals surface area contributed by atoms with Crippen molar-refractivity contribution in [1.29, 1.82) is 5.26 Å². The van der Waals surface area contributed by atoms with Crippen molar-refractivity contribution in [3.05, 3.63) is 29.3 Å². The van der Waals surface area contributed by atoms with Crippen LogP contribution in [-0.2, 0) is 6.54 Å². The molecule has 1 atom stereocenters. The molecule has 0 amide bonds. The number of thioether (sulfide) groups is 1. The number of hydrogen-bond acceptors (Lipinski definition) is 5. The van der Waals surface area contributed by atoms with Crippen LogP contribution in [-0.4, -0.2) is 35.2 Å². The molecule has 0 aromatic heterocycles. The second kappa shape index (κ2) is 8.98. The zero-order valence-corrected chi connectivity index (χ0v) is 12.8. The molecule has 0 heterocycles. The molecule has 0 radical (unpaired) electrons. The highest BCUT2D eigenvalue weighted by Gasteiger charge is 2.08. The lowest BCUT2D eigenvalue weighted by Gasteiger charge is -2.10. The largest absolute Gasteiger partial charge is 0.394 e. The van der Waals surface area contributed by atoms with Crippen LogP contribution < -0.4 is 5.32 Å². The van der Waals surface area contributed by atoms with Gasteiger partial charge in [0.2, 0.25) is 0 Å². The molecule has 0 saturated heterocycles. The Hall–Kier alpha value is -1.06. The van der Waals surface area contributed by atoms with Gasteiger partial charge in [-0.05, 0) is 30.2 Å². The van der Waals surface area contributed by atoms with Gasteiger partial charge >= 0.3 is 0 Å². The highest BCUT2D eigenvalue weighted by atomic mass is 32.2. The van der Waals surface area contributed by atoms with Gasteiger partial charge in [-0.2, -0.15) is 5.26 Å². The number of aliphatic hydroxyl groups is 2. The normalized spacial score (nSPS) is 12.4. The molecule has 5 heteroatoms. The molecule has 3 N–H and O–H groups in total. The second-order valence-electron chi connectivity index (χ2n) is 5.11. The molecule has 1 unspecified atom stereocenters. The molecule has 0 aliphatic heterocycles. The first-order valence-corrected chi connectivity index (χ1v) is 7.70. The molecule has 4 nitrogen and oxygen atoms in total. The summed E-state index contributed by atoms with van der Waals surface area (Å²) in [7, 11) is 0. The number of nitrogens with zero attached hydrogens (tertiary/aromatic N) is 1. The zero-order valence-electron chi connectivity index (χ0n) is 12.0. The van der Waals surface area contributed by atoms with Gasteiger partial charge in [-0.1, -0.05) is 19.9 Å². The first-order chi connectivity index (χ1) is 9.56. The highest BCUT2D eigenvalue weighted by Crippen LogP contribution is 2.24. The molecule has 0 fully saturated rings. The molecule has 0 spiro atoms. The monoisotopic (exact) mass is 294 g/mol. The first-order valence-electron chi connectivity index (χ1n) is 6.72. The first kappa shape index (κ1) is 17.0.